The summed E-state index contributed by atoms with van der Waals surface area (Å²) in [6.45, 7) is 3.85. The Balaban J connectivity index is 2.76. The summed E-state index contributed by atoms with van der Waals surface area (Å²) in [4.78, 5) is 0.0954. The lowest BCUT2D eigenvalue weighted by Crippen LogP contribution is -2.34. The maximum absolute atomic E-state index is 12.1. The average molecular weight is 335 g/mol. The molecule has 120 valence electrons. The molecule has 1 aromatic rings. The van der Waals surface area contributed by atoms with Crippen LogP contribution >= 0.6 is 0 Å². The normalized spacial score (nSPS) is 12.5. The third-order valence-electron chi connectivity index (χ3n) is 2.87. The fraction of sp³-hybridized carbons (Fsp3) is 0.500. The zero-order valence-electron chi connectivity index (χ0n) is 12.1. The largest absolute Gasteiger partial charge is 0.326 e. The van der Waals surface area contributed by atoms with Crippen LogP contribution in [0.5, 0.6) is 0 Å². The van der Waals surface area contributed by atoms with E-state index in [0.29, 0.717) is 6.54 Å². The van der Waals surface area contributed by atoms with Crippen molar-refractivity contribution in [3.8, 4) is 0 Å². The second kappa shape index (κ2) is 7.32. The minimum Gasteiger partial charge on any atom is -0.326 e. The Labute approximate surface area is 126 Å². The summed E-state index contributed by atoms with van der Waals surface area (Å²) in [5, 5.41) is 0. The summed E-state index contributed by atoms with van der Waals surface area (Å²) in [6, 6.07) is 4.62. The first-order chi connectivity index (χ1) is 9.72. The molecule has 0 fully saturated rings. The third kappa shape index (κ3) is 5.36. The molecule has 0 aliphatic rings. The molecule has 0 saturated carbocycles. The maximum Gasteiger partial charge on any atom is 0.240 e. The Bertz CT molecular complexity index is 684. The highest BCUT2D eigenvalue weighted by atomic mass is 32.2. The van der Waals surface area contributed by atoms with Gasteiger partial charge in [0.2, 0.25) is 20.0 Å². The van der Waals surface area contributed by atoms with Crippen LogP contribution in [0.3, 0.4) is 0 Å². The summed E-state index contributed by atoms with van der Waals surface area (Å²) in [5.41, 5.74) is 7.17. The fourth-order valence-electron chi connectivity index (χ4n) is 1.75. The van der Waals surface area contributed by atoms with E-state index in [1.807, 2.05) is 0 Å². The molecule has 0 heterocycles. The second-order valence-electron chi connectivity index (χ2n) is 4.51. The molecule has 7 nitrogen and oxygen atoms in total. The van der Waals surface area contributed by atoms with E-state index in [2.05, 4.69) is 9.44 Å². The topological polar surface area (TPSA) is 118 Å². The number of hydrogen-bond acceptors (Lipinski definition) is 5. The van der Waals surface area contributed by atoms with E-state index in [0.717, 1.165) is 11.1 Å². The van der Waals surface area contributed by atoms with Gasteiger partial charge in [-0.1, -0.05) is 13.0 Å². The molecule has 4 N–H and O–H groups in total. The van der Waals surface area contributed by atoms with Crippen LogP contribution in [0.4, 0.5) is 0 Å². The smallest absolute Gasteiger partial charge is 0.240 e. The third-order valence-corrected chi connectivity index (χ3v) is 5.80. The van der Waals surface area contributed by atoms with Crippen molar-refractivity contribution in [3.05, 3.63) is 29.3 Å². The standard InChI is InChI=1S/C12H21N3O4S2/c1-3-14-20(16,17)7-6-15-21(18,19)12-5-4-11(9-13)10(2)8-12/h4-5,8,14-15H,3,6-7,9,13H2,1-2H3. The summed E-state index contributed by atoms with van der Waals surface area (Å²) >= 11 is 0. The van der Waals surface area contributed by atoms with Crippen LogP contribution in [0.1, 0.15) is 18.1 Å². The van der Waals surface area contributed by atoms with Gasteiger partial charge in [-0.2, -0.15) is 0 Å². The molecule has 0 spiro atoms. The number of nitrogens with two attached hydrogens (primary N) is 1. The van der Waals surface area contributed by atoms with Gasteiger partial charge in [0.05, 0.1) is 10.6 Å². The predicted octanol–water partition coefficient (Wildman–Crippen LogP) is -0.329. The molecule has 0 atom stereocenters. The molecule has 21 heavy (non-hydrogen) atoms. The average Bonchev–Trinajstić information content (AvgIpc) is 2.37. The molecule has 0 aromatic heterocycles. The van der Waals surface area contributed by atoms with E-state index in [1.54, 1.807) is 19.9 Å². The SMILES string of the molecule is CCNS(=O)(=O)CCNS(=O)(=O)c1ccc(CN)c(C)c1. The van der Waals surface area contributed by atoms with Crippen LogP contribution in [0, 0.1) is 6.92 Å². The molecule has 1 rings (SSSR count). The fourth-order valence-corrected chi connectivity index (χ4v) is 3.95. The lowest BCUT2D eigenvalue weighted by Gasteiger charge is -2.10. The maximum atomic E-state index is 12.1. The molecule has 0 bridgehead atoms. The molecule has 0 aliphatic carbocycles. The first-order valence-electron chi connectivity index (χ1n) is 6.48. The lowest BCUT2D eigenvalue weighted by molar-refractivity contribution is 0.576. The Hall–Kier alpha value is -1.00. The van der Waals surface area contributed by atoms with Crippen molar-refractivity contribution in [2.75, 3.05) is 18.8 Å². The Morgan fingerprint density at radius 1 is 1.14 bits per heavy atom. The first-order valence-corrected chi connectivity index (χ1v) is 9.62. The summed E-state index contributed by atoms with van der Waals surface area (Å²) < 4.78 is 51.6. The van der Waals surface area contributed by atoms with Gasteiger partial charge in [-0.15, -0.1) is 0 Å². The monoisotopic (exact) mass is 335 g/mol. The van der Waals surface area contributed by atoms with Gasteiger partial charge in [-0.05, 0) is 30.2 Å². The van der Waals surface area contributed by atoms with E-state index in [1.165, 1.54) is 12.1 Å². The molecular formula is C12H21N3O4S2. The Morgan fingerprint density at radius 3 is 2.33 bits per heavy atom. The van der Waals surface area contributed by atoms with Gasteiger partial charge < -0.3 is 5.73 Å². The lowest BCUT2D eigenvalue weighted by atomic mass is 10.1. The molecular weight excluding hydrogens is 314 g/mol. The zero-order chi connectivity index (χ0) is 16.1. The van der Waals surface area contributed by atoms with E-state index < -0.39 is 20.0 Å². The highest BCUT2D eigenvalue weighted by Gasteiger charge is 2.16. The van der Waals surface area contributed by atoms with Gasteiger partial charge in [0, 0.05) is 19.6 Å². The van der Waals surface area contributed by atoms with Gasteiger partial charge >= 0.3 is 0 Å². The zero-order valence-corrected chi connectivity index (χ0v) is 13.7. The van der Waals surface area contributed by atoms with E-state index in [9.17, 15) is 16.8 Å². The van der Waals surface area contributed by atoms with E-state index >= 15 is 0 Å². The molecule has 1 aromatic carbocycles. The van der Waals surface area contributed by atoms with Crippen LogP contribution in [-0.2, 0) is 26.6 Å². The van der Waals surface area contributed by atoms with Crippen molar-refractivity contribution in [1.82, 2.24) is 9.44 Å². The number of sulfonamides is 2. The predicted molar refractivity (Wildman–Crippen MR) is 81.7 cm³/mol. The van der Waals surface area contributed by atoms with Gasteiger partial charge in [-0.25, -0.2) is 26.3 Å². The van der Waals surface area contributed by atoms with Gasteiger partial charge in [0.1, 0.15) is 0 Å². The van der Waals surface area contributed by atoms with Crippen LogP contribution < -0.4 is 15.2 Å². The molecule has 0 radical (unpaired) electrons. The highest BCUT2D eigenvalue weighted by molar-refractivity contribution is 7.90. The number of hydrogen-bond donors (Lipinski definition) is 3. The van der Waals surface area contributed by atoms with Crippen molar-refractivity contribution in [2.45, 2.75) is 25.3 Å². The number of rotatable bonds is 8. The summed E-state index contributed by atoms with van der Waals surface area (Å²) in [5.74, 6) is -0.306. The number of benzene rings is 1. The van der Waals surface area contributed by atoms with E-state index in [-0.39, 0.29) is 23.7 Å². The Morgan fingerprint density at radius 2 is 1.81 bits per heavy atom. The molecule has 0 unspecified atom stereocenters. The highest BCUT2D eigenvalue weighted by Crippen LogP contribution is 2.14. The Kier molecular flexibility index (Phi) is 6.29. The quantitative estimate of drug-likeness (QED) is 0.601. The van der Waals surface area contributed by atoms with Crippen LogP contribution in [-0.4, -0.2) is 35.7 Å². The van der Waals surface area contributed by atoms with Crippen molar-refractivity contribution in [1.29, 1.82) is 0 Å². The van der Waals surface area contributed by atoms with Gasteiger partial charge in [0.15, 0.2) is 0 Å². The minimum absolute atomic E-state index is 0.0954. The molecule has 0 aliphatic heterocycles. The van der Waals surface area contributed by atoms with Crippen LogP contribution in [0.15, 0.2) is 23.1 Å². The van der Waals surface area contributed by atoms with Gasteiger partial charge in [-0.3, -0.25) is 0 Å². The summed E-state index contributed by atoms with van der Waals surface area (Å²) in [6.07, 6.45) is 0. The molecule has 0 amide bonds. The van der Waals surface area contributed by atoms with Gasteiger partial charge in [0.25, 0.3) is 0 Å². The molecule has 0 saturated heterocycles. The van der Waals surface area contributed by atoms with Crippen molar-refractivity contribution in [3.63, 3.8) is 0 Å². The second-order valence-corrected chi connectivity index (χ2v) is 8.20. The first kappa shape index (κ1) is 18.1. The van der Waals surface area contributed by atoms with Crippen molar-refractivity contribution >= 4 is 20.0 Å². The number of nitrogens with one attached hydrogen (secondary N) is 2. The summed E-state index contributed by atoms with van der Waals surface area (Å²) in [7, 11) is -7.18. The van der Waals surface area contributed by atoms with Crippen LogP contribution in [0.25, 0.3) is 0 Å². The number of aryl methyl sites for hydroxylation is 1. The van der Waals surface area contributed by atoms with E-state index in [4.69, 9.17) is 5.73 Å². The van der Waals surface area contributed by atoms with Crippen molar-refractivity contribution < 1.29 is 16.8 Å². The molecule has 9 heteroatoms. The van der Waals surface area contributed by atoms with Crippen molar-refractivity contribution in [2.24, 2.45) is 5.73 Å². The minimum atomic E-state index is -3.73. The van der Waals surface area contributed by atoms with Crippen LogP contribution in [0.2, 0.25) is 0 Å².